The summed E-state index contributed by atoms with van der Waals surface area (Å²) in [6.45, 7) is 15.8. The zero-order valence-corrected chi connectivity index (χ0v) is 34.8. The van der Waals surface area contributed by atoms with Crippen molar-refractivity contribution in [1.29, 1.82) is 0 Å². The minimum Gasteiger partial charge on any atom is -0.482 e. The lowest BCUT2D eigenvalue weighted by Gasteiger charge is -2.22. The number of carbonyl (C=O) groups is 3. The topological polar surface area (TPSA) is 107 Å². The summed E-state index contributed by atoms with van der Waals surface area (Å²) >= 11 is 0. The molecule has 0 saturated heterocycles. The van der Waals surface area contributed by atoms with Gasteiger partial charge in [0.15, 0.2) is 19.8 Å². The molecule has 1 aliphatic rings. The molecule has 1 aliphatic carbocycles. The van der Waals surface area contributed by atoms with Crippen LogP contribution >= 0.6 is 0 Å². The van der Waals surface area contributed by atoms with Crippen molar-refractivity contribution in [2.45, 2.75) is 85.5 Å². The van der Waals surface area contributed by atoms with E-state index in [0.29, 0.717) is 17.2 Å². The fourth-order valence-corrected chi connectivity index (χ4v) is 6.83. The number of esters is 3. The summed E-state index contributed by atoms with van der Waals surface area (Å²) in [4.78, 5) is 37.2. The van der Waals surface area contributed by atoms with Crippen molar-refractivity contribution in [3.8, 4) is 61.8 Å². The largest absolute Gasteiger partial charge is 0.482 e. The predicted octanol–water partition coefficient (Wildman–Crippen LogP) is 10.4. The number of fused-ring (bicyclic) bond motifs is 3. The first-order valence-electron chi connectivity index (χ1n) is 19.5. The summed E-state index contributed by atoms with van der Waals surface area (Å²) in [5.74, 6) is 0.278. The van der Waals surface area contributed by atoms with Gasteiger partial charge in [0, 0.05) is 0 Å². The van der Waals surface area contributed by atoms with Crippen LogP contribution in [-0.2, 0) is 35.0 Å². The van der Waals surface area contributed by atoms with E-state index in [0.717, 1.165) is 45.4 Å². The zero-order chi connectivity index (χ0) is 41.8. The van der Waals surface area contributed by atoms with Gasteiger partial charge in [0.1, 0.15) is 34.1 Å². The Kier molecular flexibility index (Phi) is 12.0. The van der Waals surface area contributed by atoms with Crippen LogP contribution < -0.4 is 14.2 Å². The average molecular weight is 785 g/mol. The molecule has 9 nitrogen and oxygen atoms in total. The number of benzene rings is 5. The lowest BCUT2D eigenvalue weighted by Crippen LogP contribution is -2.27. The summed E-state index contributed by atoms with van der Waals surface area (Å²) < 4.78 is 33.8. The molecule has 0 heterocycles. The fraction of sp³-hybridized carbons (Fsp3) is 0.327. The second-order valence-corrected chi connectivity index (χ2v) is 17.2. The van der Waals surface area contributed by atoms with E-state index in [9.17, 15) is 14.4 Å². The van der Waals surface area contributed by atoms with Gasteiger partial charge in [0.05, 0.1) is 0 Å². The smallest absolute Gasteiger partial charge is 0.344 e. The lowest BCUT2D eigenvalue weighted by molar-refractivity contribution is -0.158. The zero-order valence-electron chi connectivity index (χ0n) is 34.8. The van der Waals surface area contributed by atoms with Crippen LogP contribution in [-0.4, -0.2) is 54.5 Å². The number of carbonyl (C=O) groups excluding carboxylic acids is 3. The third kappa shape index (κ3) is 10.8. The van der Waals surface area contributed by atoms with E-state index in [4.69, 9.17) is 28.4 Å². The van der Waals surface area contributed by atoms with Crippen LogP contribution in [0.2, 0.25) is 0 Å². The molecule has 0 N–H and O–H groups in total. The molecule has 0 aromatic heterocycles. The fourth-order valence-electron chi connectivity index (χ4n) is 6.83. The minimum absolute atomic E-state index is 0.206. The summed E-state index contributed by atoms with van der Waals surface area (Å²) in [6.07, 6.45) is 0.736. The van der Waals surface area contributed by atoms with Crippen LogP contribution in [0, 0.1) is 0 Å². The molecule has 302 valence electrons. The van der Waals surface area contributed by atoms with Crippen LogP contribution in [0.25, 0.3) is 44.5 Å². The standard InChI is InChI=1S/C49H52O9/c1-47(2,3)56-42(50)28-53-35-20-14-31(15-21-35)39-27-40-38-13-11-10-12-34(38)26-41(40)46(33-18-24-37(25-19-33)55-30-44(52)58-49(7,8)9)45(39)32-16-22-36(23-17-32)54-29-43(51)57-48(4,5)6/h10-25,27H,26,28-30H2,1-9H3. The van der Waals surface area contributed by atoms with E-state index in [2.05, 4.69) is 30.3 Å². The molecule has 0 amide bonds. The van der Waals surface area contributed by atoms with Crippen molar-refractivity contribution in [2.24, 2.45) is 0 Å². The van der Waals surface area contributed by atoms with Crippen molar-refractivity contribution >= 4 is 17.9 Å². The molecule has 0 spiro atoms. The molecule has 0 aliphatic heterocycles. The highest BCUT2D eigenvalue weighted by Gasteiger charge is 2.28. The minimum atomic E-state index is -0.616. The van der Waals surface area contributed by atoms with Crippen LogP contribution in [0.4, 0.5) is 0 Å². The van der Waals surface area contributed by atoms with Crippen molar-refractivity contribution in [1.82, 2.24) is 0 Å². The van der Waals surface area contributed by atoms with Crippen LogP contribution in [0.5, 0.6) is 17.2 Å². The Morgan fingerprint density at radius 3 is 1.24 bits per heavy atom. The molecular formula is C49H52O9. The molecule has 0 radical (unpaired) electrons. The molecule has 0 saturated carbocycles. The van der Waals surface area contributed by atoms with Gasteiger partial charge in [0.25, 0.3) is 0 Å². The highest BCUT2D eigenvalue weighted by atomic mass is 16.6. The van der Waals surface area contributed by atoms with Gasteiger partial charge in [0.2, 0.25) is 0 Å². The van der Waals surface area contributed by atoms with Gasteiger partial charge in [-0.3, -0.25) is 0 Å². The van der Waals surface area contributed by atoms with Gasteiger partial charge in [-0.2, -0.15) is 0 Å². The Balaban J connectivity index is 1.42. The van der Waals surface area contributed by atoms with Gasteiger partial charge in [-0.15, -0.1) is 0 Å². The molecule has 0 atom stereocenters. The number of hydrogen-bond donors (Lipinski definition) is 0. The van der Waals surface area contributed by atoms with Crippen LogP contribution in [0.15, 0.2) is 103 Å². The summed E-state index contributed by atoms with van der Waals surface area (Å²) in [5, 5.41) is 0. The average Bonchev–Trinajstić information content (AvgIpc) is 3.52. The van der Waals surface area contributed by atoms with Gasteiger partial charge < -0.3 is 28.4 Å². The second kappa shape index (κ2) is 16.8. The van der Waals surface area contributed by atoms with Crippen LogP contribution in [0.1, 0.15) is 73.4 Å². The van der Waals surface area contributed by atoms with E-state index in [1.54, 1.807) is 0 Å². The molecule has 9 heteroatoms. The van der Waals surface area contributed by atoms with Crippen molar-refractivity contribution in [3.63, 3.8) is 0 Å². The molecule has 0 bridgehead atoms. The summed E-state index contributed by atoms with van der Waals surface area (Å²) in [5.41, 5.74) is 8.76. The normalized spacial score (nSPS) is 12.2. The SMILES string of the molecule is CC(C)(C)OC(=O)COc1ccc(-c2cc3c(c(-c4ccc(OCC(=O)OC(C)(C)C)cc4)c2-c2ccc(OCC(=O)OC(C)(C)C)cc2)Cc2ccccc2-3)cc1. The molecule has 6 rings (SSSR count). The summed E-state index contributed by atoms with van der Waals surface area (Å²) in [7, 11) is 0. The van der Waals surface area contributed by atoms with Gasteiger partial charge in [-0.25, -0.2) is 14.4 Å². The predicted molar refractivity (Wildman–Crippen MR) is 225 cm³/mol. The maximum absolute atomic E-state index is 12.4. The maximum Gasteiger partial charge on any atom is 0.344 e. The van der Waals surface area contributed by atoms with E-state index >= 15 is 0 Å². The van der Waals surface area contributed by atoms with E-state index < -0.39 is 34.7 Å². The monoisotopic (exact) mass is 784 g/mol. The van der Waals surface area contributed by atoms with E-state index in [1.165, 1.54) is 16.7 Å². The molecule has 5 aromatic carbocycles. The Labute approximate surface area is 341 Å². The number of hydrogen-bond acceptors (Lipinski definition) is 9. The molecular weight excluding hydrogens is 733 g/mol. The second-order valence-electron chi connectivity index (χ2n) is 17.2. The summed E-state index contributed by atoms with van der Waals surface area (Å²) in [6, 6.07) is 33.9. The highest BCUT2D eigenvalue weighted by molar-refractivity contribution is 6.02. The third-order valence-corrected chi connectivity index (χ3v) is 8.89. The third-order valence-electron chi connectivity index (χ3n) is 8.89. The molecule has 58 heavy (non-hydrogen) atoms. The number of ether oxygens (including phenoxy) is 6. The lowest BCUT2D eigenvalue weighted by atomic mass is 9.82. The first kappa shape index (κ1) is 41.5. The van der Waals surface area contributed by atoms with E-state index in [1.807, 2.05) is 135 Å². The number of rotatable bonds is 12. The Hall–Kier alpha value is -6.09. The quantitative estimate of drug-likeness (QED) is 0.0885. The first-order chi connectivity index (χ1) is 27.3. The van der Waals surface area contributed by atoms with Crippen LogP contribution in [0.3, 0.4) is 0 Å². The molecule has 5 aromatic rings. The first-order valence-corrected chi connectivity index (χ1v) is 19.5. The van der Waals surface area contributed by atoms with Crippen molar-refractivity contribution < 1.29 is 42.8 Å². The Bertz CT molecular complexity index is 2270. The van der Waals surface area contributed by atoms with Gasteiger partial charge in [-0.1, -0.05) is 60.7 Å². The van der Waals surface area contributed by atoms with Crippen molar-refractivity contribution in [2.75, 3.05) is 19.8 Å². The van der Waals surface area contributed by atoms with Gasteiger partial charge >= 0.3 is 17.9 Å². The molecule has 0 fully saturated rings. The Morgan fingerprint density at radius 2 is 0.828 bits per heavy atom. The Morgan fingerprint density at radius 1 is 0.448 bits per heavy atom. The van der Waals surface area contributed by atoms with Crippen molar-refractivity contribution in [3.05, 3.63) is 114 Å². The maximum atomic E-state index is 12.4. The van der Waals surface area contributed by atoms with Gasteiger partial charge in [-0.05, 0) is 167 Å². The highest BCUT2D eigenvalue weighted by Crippen LogP contribution is 2.50. The van der Waals surface area contributed by atoms with E-state index in [-0.39, 0.29) is 19.8 Å². The molecule has 0 unspecified atom stereocenters.